The summed E-state index contributed by atoms with van der Waals surface area (Å²) in [6.07, 6.45) is -0.0209. The molecule has 0 unspecified atom stereocenters. The molecule has 0 fully saturated rings. The van der Waals surface area contributed by atoms with Gasteiger partial charge in [-0.05, 0) is 48.4 Å². The molecule has 0 aliphatic heterocycles. The molecule has 0 saturated carbocycles. The van der Waals surface area contributed by atoms with E-state index in [1.165, 1.54) is 18.3 Å². The lowest BCUT2D eigenvalue weighted by Crippen LogP contribution is -2.29. The fourth-order valence-electron chi connectivity index (χ4n) is 2.24. The third kappa shape index (κ3) is 5.16. The third-order valence-electron chi connectivity index (χ3n) is 3.51. The summed E-state index contributed by atoms with van der Waals surface area (Å²) in [5.74, 6) is -0.480. The Balaban J connectivity index is 1.95. The number of amides is 1. The van der Waals surface area contributed by atoms with E-state index in [2.05, 4.69) is 19.2 Å². The molecule has 2 aromatic rings. The second-order valence-electron chi connectivity index (χ2n) is 6.11. The summed E-state index contributed by atoms with van der Waals surface area (Å²) in [5.41, 5.74) is 1.94. The maximum absolute atomic E-state index is 12.2. The monoisotopic (exact) mass is 356 g/mol. The van der Waals surface area contributed by atoms with E-state index >= 15 is 0 Å². The molecule has 0 bridgehead atoms. The Hall–Kier alpha value is -2.65. The van der Waals surface area contributed by atoms with E-state index in [-0.39, 0.29) is 0 Å². The van der Waals surface area contributed by atoms with Crippen molar-refractivity contribution in [3.05, 3.63) is 52.4 Å². The number of nitrogens with zero attached hydrogens (tertiary/aromatic N) is 1. The predicted molar refractivity (Wildman–Crippen MR) is 97.5 cm³/mol. The Kier molecular flexibility index (Phi) is 6.31. The molecule has 2 rings (SSSR count). The number of esters is 1. The van der Waals surface area contributed by atoms with E-state index in [4.69, 9.17) is 10.00 Å². The number of rotatable bonds is 6. The second kappa shape index (κ2) is 8.45. The van der Waals surface area contributed by atoms with Gasteiger partial charge in [-0.25, -0.2) is 4.79 Å². The van der Waals surface area contributed by atoms with E-state index in [9.17, 15) is 9.59 Å². The molecule has 25 heavy (non-hydrogen) atoms. The Morgan fingerprint density at radius 2 is 1.88 bits per heavy atom. The first kappa shape index (κ1) is 18.7. The summed E-state index contributed by atoms with van der Waals surface area (Å²) in [7, 11) is 0. The van der Waals surface area contributed by atoms with Crippen LogP contribution in [0.3, 0.4) is 0 Å². The molecule has 1 N–H and O–H groups in total. The minimum atomic E-state index is -0.962. The molecule has 5 nitrogen and oxygen atoms in total. The van der Waals surface area contributed by atoms with E-state index in [0.717, 1.165) is 12.0 Å². The number of anilines is 1. The first-order chi connectivity index (χ1) is 11.9. The van der Waals surface area contributed by atoms with Gasteiger partial charge >= 0.3 is 5.97 Å². The van der Waals surface area contributed by atoms with Crippen molar-refractivity contribution >= 4 is 28.2 Å². The van der Waals surface area contributed by atoms with Crippen LogP contribution in [0.5, 0.6) is 0 Å². The zero-order valence-electron chi connectivity index (χ0n) is 14.4. The van der Waals surface area contributed by atoms with E-state index in [1.807, 2.05) is 18.2 Å². The van der Waals surface area contributed by atoms with Gasteiger partial charge < -0.3 is 10.1 Å². The summed E-state index contributed by atoms with van der Waals surface area (Å²) in [6.45, 7) is 5.77. The van der Waals surface area contributed by atoms with Gasteiger partial charge in [0.15, 0.2) is 6.10 Å². The van der Waals surface area contributed by atoms with Gasteiger partial charge in [0.1, 0.15) is 11.1 Å². The van der Waals surface area contributed by atoms with Crippen molar-refractivity contribution in [1.82, 2.24) is 0 Å². The largest absolute Gasteiger partial charge is 0.449 e. The highest BCUT2D eigenvalue weighted by atomic mass is 32.1. The lowest BCUT2D eigenvalue weighted by atomic mass is 10.0. The fraction of sp³-hybridized carbons (Fsp3) is 0.316. The van der Waals surface area contributed by atoms with Crippen molar-refractivity contribution in [3.8, 4) is 6.07 Å². The van der Waals surface area contributed by atoms with E-state index < -0.39 is 18.0 Å². The Morgan fingerprint density at radius 1 is 1.20 bits per heavy atom. The SMILES string of the molecule is CC(C)Cc1ccc(C(=O)O[C@@H](C)C(=O)Nc2sccc2C#N)cc1. The molecule has 1 aromatic heterocycles. The standard InChI is InChI=1S/C19H20N2O3S/c1-12(2)10-14-4-6-15(7-5-14)19(23)24-13(3)17(22)21-18-16(11-20)8-9-25-18/h4-9,12-13H,10H2,1-3H3,(H,21,22)/t13-/m0/s1. The smallest absolute Gasteiger partial charge is 0.338 e. The normalized spacial score (nSPS) is 11.6. The maximum Gasteiger partial charge on any atom is 0.338 e. The first-order valence-corrected chi connectivity index (χ1v) is 8.87. The predicted octanol–water partition coefficient (Wildman–Crippen LogP) is 4.00. The van der Waals surface area contributed by atoms with Crippen molar-refractivity contribution in [3.63, 3.8) is 0 Å². The lowest BCUT2D eigenvalue weighted by Gasteiger charge is -2.13. The highest BCUT2D eigenvalue weighted by molar-refractivity contribution is 7.14. The minimum absolute atomic E-state index is 0.387. The van der Waals surface area contributed by atoms with Gasteiger partial charge in [0.2, 0.25) is 0 Å². The van der Waals surface area contributed by atoms with Gasteiger partial charge in [0.25, 0.3) is 5.91 Å². The van der Waals surface area contributed by atoms with Crippen molar-refractivity contribution in [2.75, 3.05) is 5.32 Å². The van der Waals surface area contributed by atoms with Gasteiger partial charge in [-0.3, -0.25) is 4.79 Å². The van der Waals surface area contributed by atoms with Crippen molar-refractivity contribution in [1.29, 1.82) is 5.26 Å². The molecule has 0 aliphatic rings. The van der Waals surface area contributed by atoms with E-state index in [1.54, 1.807) is 23.6 Å². The molecule has 1 atom stereocenters. The van der Waals surface area contributed by atoms with Crippen molar-refractivity contribution < 1.29 is 14.3 Å². The van der Waals surface area contributed by atoms with Crippen LogP contribution < -0.4 is 5.32 Å². The van der Waals surface area contributed by atoms with Crippen LogP contribution in [0.25, 0.3) is 0 Å². The van der Waals surface area contributed by atoms with Gasteiger partial charge in [0, 0.05) is 0 Å². The number of nitrogens with one attached hydrogen (secondary N) is 1. The van der Waals surface area contributed by atoms with Crippen LogP contribution in [0, 0.1) is 17.2 Å². The highest BCUT2D eigenvalue weighted by Gasteiger charge is 2.20. The minimum Gasteiger partial charge on any atom is -0.449 e. The number of thiophene rings is 1. The molecule has 1 heterocycles. The molecule has 0 aliphatic carbocycles. The average Bonchev–Trinajstić information content (AvgIpc) is 3.01. The lowest BCUT2D eigenvalue weighted by molar-refractivity contribution is -0.123. The zero-order valence-corrected chi connectivity index (χ0v) is 15.2. The second-order valence-corrected chi connectivity index (χ2v) is 7.02. The number of carbonyl (C=O) groups excluding carboxylic acids is 2. The number of hydrogen-bond acceptors (Lipinski definition) is 5. The Morgan fingerprint density at radius 3 is 2.48 bits per heavy atom. The van der Waals surface area contributed by atoms with Crippen LogP contribution in [-0.4, -0.2) is 18.0 Å². The number of benzene rings is 1. The zero-order chi connectivity index (χ0) is 18.4. The van der Waals surface area contributed by atoms with Gasteiger partial charge in [-0.15, -0.1) is 11.3 Å². The molecule has 0 radical (unpaired) electrons. The van der Waals surface area contributed by atoms with Crippen molar-refractivity contribution in [2.45, 2.75) is 33.3 Å². The highest BCUT2D eigenvalue weighted by Crippen LogP contribution is 2.22. The molecule has 130 valence electrons. The summed E-state index contributed by atoms with van der Waals surface area (Å²) in [5, 5.41) is 13.7. The molecule has 1 amide bonds. The Bertz CT molecular complexity index is 788. The average molecular weight is 356 g/mol. The van der Waals surface area contributed by atoms with Gasteiger partial charge in [0.05, 0.1) is 11.1 Å². The number of hydrogen-bond donors (Lipinski definition) is 1. The topological polar surface area (TPSA) is 79.2 Å². The third-order valence-corrected chi connectivity index (χ3v) is 4.34. The molecule has 0 saturated heterocycles. The Labute approximate surface area is 151 Å². The van der Waals surface area contributed by atoms with Gasteiger partial charge in [-0.1, -0.05) is 26.0 Å². The van der Waals surface area contributed by atoms with E-state index in [0.29, 0.717) is 22.0 Å². The van der Waals surface area contributed by atoms with Gasteiger partial charge in [-0.2, -0.15) is 5.26 Å². The summed E-state index contributed by atoms with van der Waals surface area (Å²) in [4.78, 5) is 24.3. The van der Waals surface area contributed by atoms with Crippen LogP contribution >= 0.6 is 11.3 Å². The van der Waals surface area contributed by atoms with Crippen LogP contribution in [0.2, 0.25) is 0 Å². The molecular weight excluding hydrogens is 336 g/mol. The van der Waals surface area contributed by atoms with Crippen LogP contribution in [0.4, 0.5) is 5.00 Å². The number of ether oxygens (including phenoxy) is 1. The van der Waals surface area contributed by atoms with Crippen molar-refractivity contribution in [2.24, 2.45) is 5.92 Å². The summed E-state index contributed by atoms with van der Waals surface area (Å²) >= 11 is 1.25. The number of nitriles is 1. The molecule has 1 aromatic carbocycles. The molecule has 6 heteroatoms. The molecule has 0 spiro atoms. The summed E-state index contributed by atoms with van der Waals surface area (Å²) < 4.78 is 5.21. The summed E-state index contributed by atoms with van der Waals surface area (Å²) in [6, 6.07) is 10.8. The first-order valence-electron chi connectivity index (χ1n) is 7.99. The maximum atomic E-state index is 12.2. The van der Waals surface area contributed by atoms with Crippen LogP contribution in [-0.2, 0) is 16.0 Å². The molecular formula is C19H20N2O3S. The number of carbonyl (C=O) groups is 2. The van der Waals surface area contributed by atoms with Crippen LogP contribution in [0.1, 0.15) is 42.3 Å². The fourth-order valence-corrected chi connectivity index (χ4v) is 2.98. The quantitative estimate of drug-likeness (QED) is 0.793. The van der Waals surface area contributed by atoms with Crippen LogP contribution in [0.15, 0.2) is 35.7 Å².